The Balaban J connectivity index is 1.25. The standard InChI is InChI=1S/C21H26N6O2/c1-25-14-22-11-17(25)20(29)26-12-21(13-26)10-16(19-23-7-8-27(19)21)24-18(28)9-15-5-3-2-4-6-15/h2-3,7-8,11,14-16H,4-6,9-10,12-13H2,1H3,(H,24,28). The monoisotopic (exact) mass is 394 g/mol. The van der Waals surface area contributed by atoms with Crippen LogP contribution in [0.15, 0.2) is 37.1 Å². The molecule has 2 amide bonds. The van der Waals surface area contributed by atoms with Crippen molar-refractivity contribution >= 4 is 11.8 Å². The first-order chi connectivity index (χ1) is 14.1. The Morgan fingerprint density at radius 2 is 2.17 bits per heavy atom. The van der Waals surface area contributed by atoms with Gasteiger partial charge in [-0.2, -0.15) is 0 Å². The summed E-state index contributed by atoms with van der Waals surface area (Å²) < 4.78 is 3.91. The lowest BCUT2D eigenvalue weighted by atomic mass is 9.85. The number of carbonyl (C=O) groups excluding carboxylic acids is 2. The number of likely N-dealkylation sites (tertiary alicyclic amines) is 1. The Labute approximate surface area is 169 Å². The molecule has 0 aromatic carbocycles. The van der Waals surface area contributed by atoms with Crippen LogP contribution in [0.25, 0.3) is 0 Å². The third-order valence-corrected chi connectivity index (χ3v) is 6.56. The van der Waals surface area contributed by atoms with Gasteiger partial charge in [0.2, 0.25) is 5.91 Å². The van der Waals surface area contributed by atoms with Crippen LogP contribution < -0.4 is 5.32 Å². The first-order valence-corrected chi connectivity index (χ1v) is 10.3. The van der Waals surface area contributed by atoms with Crippen molar-refractivity contribution in [1.82, 2.24) is 29.3 Å². The largest absolute Gasteiger partial charge is 0.346 e. The Hall–Kier alpha value is -2.90. The van der Waals surface area contributed by atoms with Crippen molar-refractivity contribution in [3.05, 3.63) is 48.6 Å². The van der Waals surface area contributed by atoms with Crippen LogP contribution in [0.4, 0.5) is 0 Å². The van der Waals surface area contributed by atoms with Crippen molar-refractivity contribution in [2.45, 2.75) is 43.7 Å². The highest BCUT2D eigenvalue weighted by molar-refractivity contribution is 5.93. The van der Waals surface area contributed by atoms with Gasteiger partial charge in [0, 0.05) is 45.4 Å². The Bertz CT molecular complexity index is 967. The highest BCUT2D eigenvalue weighted by Crippen LogP contribution is 2.44. The van der Waals surface area contributed by atoms with Gasteiger partial charge < -0.3 is 19.4 Å². The maximum Gasteiger partial charge on any atom is 0.272 e. The molecule has 152 valence electrons. The van der Waals surface area contributed by atoms with E-state index in [1.54, 1.807) is 23.3 Å². The van der Waals surface area contributed by atoms with Gasteiger partial charge in [0.25, 0.3) is 5.91 Å². The van der Waals surface area contributed by atoms with Crippen molar-refractivity contribution in [2.75, 3.05) is 13.1 Å². The summed E-state index contributed by atoms with van der Waals surface area (Å²) in [6, 6.07) is -0.0920. The molecule has 2 aromatic rings. The molecule has 3 aliphatic rings. The number of nitrogens with one attached hydrogen (secondary N) is 1. The van der Waals surface area contributed by atoms with E-state index in [9.17, 15) is 9.59 Å². The van der Waals surface area contributed by atoms with Crippen LogP contribution in [0.1, 0.15) is 54.5 Å². The van der Waals surface area contributed by atoms with Gasteiger partial charge in [-0.3, -0.25) is 9.59 Å². The SMILES string of the molecule is Cn1cncc1C(=O)N1CC2(CC(NC(=O)CC3CC=CCC3)c3nccn32)C1. The molecule has 2 unspecified atom stereocenters. The van der Waals surface area contributed by atoms with Crippen LogP contribution in [0.3, 0.4) is 0 Å². The summed E-state index contributed by atoms with van der Waals surface area (Å²) in [5.41, 5.74) is 0.418. The Kier molecular flexibility index (Phi) is 4.29. The number of hydrogen-bond acceptors (Lipinski definition) is 4. The number of aromatic nitrogens is 4. The fourth-order valence-electron chi connectivity index (χ4n) is 5.03. The quantitative estimate of drug-likeness (QED) is 0.801. The van der Waals surface area contributed by atoms with Crippen LogP contribution in [-0.4, -0.2) is 48.9 Å². The van der Waals surface area contributed by atoms with E-state index in [1.165, 1.54) is 0 Å². The third-order valence-electron chi connectivity index (χ3n) is 6.56. The van der Waals surface area contributed by atoms with Crippen molar-refractivity contribution in [2.24, 2.45) is 13.0 Å². The Morgan fingerprint density at radius 3 is 2.90 bits per heavy atom. The number of carbonyl (C=O) groups is 2. The Morgan fingerprint density at radius 1 is 1.31 bits per heavy atom. The zero-order valence-corrected chi connectivity index (χ0v) is 16.6. The molecule has 1 spiro atoms. The minimum atomic E-state index is -0.175. The molecule has 5 rings (SSSR count). The molecule has 0 radical (unpaired) electrons. The zero-order chi connectivity index (χ0) is 20.0. The van der Waals surface area contributed by atoms with Gasteiger partial charge in [-0.15, -0.1) is 0 Å². The van der Waals surface area contributed by atoms with E-state index in [4.69, 9.17) is 0 Å². The second-order valence-corrected chi connectivity index (χ2v) is 8.61. The summed E-state index contributed by atoms with van der Waals surface area (Å²) in [6.07, 6.45) is 15.9. The van der Waals surface area contributed by atoms with Crippen LogP contribution in [-0.2, 0) is 17.4 Å². The average Bonchev–Trinajstić information content (AvgIpc) is 3.38. The van der Waals surface area contributed by atoms with Crippen molar-refractivity contribution in [1.29, 1.82) is 0 Å². The van der Waals surface area contributed by atoms with E-state index >= 15 is 0 Å². The second-order valence-electron chi connectivity index (χ2n) is 8.61. The lowest BCUT2D eigenvalue weighted by Gasteiger charge is -2.49. The molecule has 2 aromatic heterocycles. The van der Waals surface area contributed by atoms with E-state index < -0.39 is 0 Å². The first kappa shape index (κ1) is 18.1. The van der Waals surface area contributed by atoms with E-state index in [-0.39, 0.29) is 23.4 Å². The lowest BCUT2D eigenvalue weighted by Crippen LogP contribution is -2.63. The van der Waals surface area contributed by atoms with Crippen molar-refractivity contribution in [3.63, 3.8) is 0 Å². The van der Waals surface area contributed by atoms with Crippen LogP contribution in [0, 0.1) is 5.92 Å². The maximum atomic E-state index is 12.7. The lowest BCUT2D eigenvalue weighted by molar-refractivity contribution is -0.123. The van der Waals surface area contributed by atoms with E-state index in [2.05, 4.69) is 32.0 Å². The number of aryl methyl sites for hydroxylation is 1. The molecule has 1 aliphatic carbocycles. The molecule has 2 atom stereocenters. The van der Waals surface area contributed by atoms with Crippen LogP contribution in [0.2, 0.25) is 0 Å². The molecule has 1 fully saturated rings. The topological polar surface area (TPSA) is 85.1 Å². The summed E-state index contributed by atoms with van der Waals surface area (Å²) in [5.74, 6) is 1.43. The molecule has 29 heavy (non-hydrogen) atoms. The summed E-state index contributed by atoms with van der Waals surface area (Å²) in [4.78, 5) is 35.8. The minimum Gasteiger partial charge on any atom is -0.346 e. The zero-order valence-electron chi connectivity index (χ0n) is 16.6. The molecule has 8 heteroatoms. The highest BCUT2D eigenvalue weighted by Gasteiger charge is 2.54. The van der Waals surface area contributed by atoms with Gasteiger partial charge in [0.1, 0.15) is 11.5 Å². The normalized spacial score (nSPS) is 24.4. The number of fused-ring (bicyclic) bond motifs is 2. The fraction of sp³-hybridized carbons (Fsp3) is 0.524. The second kappa shape index (κ2) is 6.86. The van der Waals surface area contributed by atoms with E-state index in [1.807, 2.05) is 18.1 Å². The molecule has 4 heterocycles. The van der Waals surface area contributed by atoms with E-state index in [0.29, 0.717) is 31.1 Å². The summed E-state index contributed by atoms with van der Waals surface area (Å²) in [6.45, 7) is 1.25. The third kappa shape index (κ3) is 3.07. The van der Waals surface area contributed by atoms with Gasteiger partial charge in [0.15, 0.2) is 0 Å². The molecule has 0 bridgehead atoms. The average molecular weight is 394 g/mol. The summed E-state index contributed by atoms with van der Waals surface area (Å²) in [5, 5.41) is 3.21. The molecule has 8 nitrogen and oxygen atoms in total. The predicted octanol–water partition coefficient (Wildman–Crippen LogP) is 1.78. The number of rotatable bonds is 4. The number of nitrogens with zero attached hydrogens (tertiary/aromatic N) is 5. The van der Waals surface area contributed by atoms with Gasteiger partial charge in [-0.05, 0) is 25.2 Å². The number of amides is 2. The number of hydrogen-bond donors (Lipinski definition) is 1. The number of imidazole rings is 2. The highest BCUT2D eigenvalue weighted by atomic mass is 16.2. The molecule has 2 aliphatic heterocycles. The summed E-state index contributed by atoms with van der Waals surface area (Å²) >= 11 is 0. The first-order valence-electron chi connectivity index (χ1n) is 10.3. The predicted molar refractivity (Wildman–Crippen MR) is 106 cm³/mol. The van der Waals surface area contributed by atoms with Gasteiger partial charge >= 0.3 is 0 Å². The maximum absolute atomic E-state index is 12.7. The molecule has 0 saturated carbocycles. The molecule has 1 N–H and O–H groups in total. The van der Waals surface area contributed by atoms with Gasteiger partial charge in [-0.25, -0.2) is 9.97 Å². The minimum absolute atomic E-state index is 0.00451. The molecular formula is C21H26N6O2. The summed E-state index contributed by atoms with van der Waals surface area (Å²) in [7, 11) is 1.83. The fourth-order valence-corrected chi connectivity index (χ4v) is 5.03. The van der Waals surface area contributed by atoms with Crippen molar-refractivity contribution in [3.8, 4) is 0 Å². The van der Waals surface area contributed by atoms with Crippen molar-refractivity contribution < 1.29 is 9.59 Å². The smallest absolute Gasteiger partial charge is 0.272 e. The molecule has 1 saturated heterocycles. The number of allylic oxidation sites excluding steroid dienone is 2. The van der Waals surface area contributed by atoms with Crippen LogP contribution >= 0.6 is 0 Å². The van der Waals surface area contributed by atoms with Gasteiger partial charge in [0.05, 0.1) is 24.1 Å². The van der Waals surface area contributed by atoms with Crippen LogP contribution in [0.5, 0.6) is 0 Å². The molecular weight excluding hydrogens is 368 g/mol. The van der Waals surface area contributed by atoms with E-state index in [0.717, 1.165) is 31.5 Å². The van der Waals surface area contributed by atoms with Gasteiger partial charge in [-0.1, -0.05) is 12.2 Å².